The smallest absolute Gasteiger partial charge is 0.272 e. The number of hydrogen-bond acceptors (Lipinski definition) is 3. The van der Waals surface area contributed by atoms with Crippen molar-refractivity contribution in [3.05, 3.63) is 54.1 Å². The van der Waals surface area contributed by atoms with Crippen LogP contribution in [0, 0.1) is 5.92 Å². The highest BCUT2D eigenvalue weighted by Gasteiger charge is 2.25. The van der Waals surface area contributed by atoms with Gasteiger partial charge in [-0.1, -0.05) is 6.07 Å². The van der Waals surface area contributed by atoms with Gasteiger partial charge >= 0.3 is 0 Å². The van der Waals surface area contributed by atoms with Crippen molar-refractivity contribution >= 4 is 5.91 Å². The molecule has 0 saturated carbocycles. The van der Waals surface area contributed by atoms with E-state index in [1.165, 1.54) is 5.69 Å². The number of aromatic nitrogens is 2. The summed E-state index contributed by atoms with van der Waals surface area (Å²) in [5.74, 6) is 0.388. The van der Waals surface area contributed by atoms with Crippen LogP contribution in [-0.2, 0) is 17.8 Å². The van der Waals surface area contributed by atoms with E-state index in [4.69, 9.17) is 4.74 Å². The number of methoxy groups -OCH3 is 1. The standard InChI is InChI=1S/C17H21N3O2/c1-22-10-7-14-11-19-9-4-5-15(19)13-20(12-14)17(21)16-6-2-3-8-18-16/h2-6,8-9,14H,7,10-13H2,1H3/t14-/m0/s1. The molecule has 0 aliphatic carbocycles. The third kappa shape index (κ3) is 3.20. The van der Waals surface area contributed by atoms with Crippen LogP contribution in [0.1, 0.15) is 22.6 Å². The molecule has 0 aromatic carbocycles. The maximum Gasteiger partial charge on any atom is 0.272 e. The minimum absolute atomic E-state index is 0.00216. The van der Waals surface area contributed by atoms with Crippen molar-refractivity contribution < 1.29 is 9.53 Å². The molecule has 1 aliphatic heterocycles. The largest absolute Gasteiger partial charge is 0.385 e. The summed E-state index contributed by atoms with van der Waals surface area (Å²) in [6.07, 6.45) is 4.69. The van der Waals surface area contributed by atoms with E-state index < -0.39 is 0 Å². The summed E-state index contributed by atoms with van der Waals surface area (Å²) in [5, 5.41) is 0. The molecule has 1 aliphatic rings. The molecule has 3 heterocycles. The minimum Gasteiger partial charge on any atom is -0.385 e. The van der Waals surface area contributed by atoms with E-state index in [1.807, 2.05) is 23.1 Å². The van der Waals surface area contributed by atoms with Gasteiger partial charge in [0.15, 0.2) is 0 Å². The Bertz CT molecular complexity index is 624. The molecule has 0 N–H and O–H groups in total. The molecular formula is C17H21N3O2. The van der Waals surface area contributed by atoms with Crippen LogP contribution in [0.5, 0.6) is 0 Å². The summed E-state index contributed by atoms with van der Waals surface area (Å²) in [7, 11) is 1.72. The van der Waals surface area contributed by atoms with Gasteiger partial charge in [-0.25, -0.2) is 0 Å². The second-order valence-corrected chi connectivity index (χ2v) is 5.70. The third-order valence-electron chi connectivity index (χ3n) is 4.11. The van der Waals surface area contributed by atoms with Crippen molar-refractivity contribution in [1.82, 2.24) is 14.5 Å². The van der Waals surface area contributed by atoms with Gasteiger partial charge in [0.2, 0.25) is 0 Å². The summed E-state index contributed by atoms with van der Waals surface area (Å²) in [6, 6.07) is 9.57. The lowest BCUT2D eigenvalue weighted by atomic mass is 10.1. The first-order valence-corrected chi connectivity index (χ1v) is 7.61. The van der Waals surface area contributed by atoms with Crippen LogP contribution >= 0.6 is 0 Å². The van der Waals surface area contributed by atoms with Crippen molar-refractivity contribution in [1.29, 1.82) is 0 Å². The van der Waals surface area contributed by atoms with Crippen LogP contribution in [-0.4, -0.2) is 40.6 Å². The molecule has 5 heteroatoms. The lowest BCUT2D eigenvalue weighted by molar-refractivity contribution is 0.0699. The lowest BCUT2D eigenvalue weighted by Crippen LogP contribution is -2.34. The highest BCUT2D eigenvalue weighted by Crippen LogP contribution is 2.20. The summed E-state index contributed by atoms with van der Waals surface area (Å²) < 4.78 is 7.45. The molecule has 3 rings (SSSR count). The predicted molar refractivity (Wildman–Crippen MR) is 83.4 cm³/mol. The second kappa shape index (κ2) is 6.75. The Morgan fingerprint density at radius 2 is 2.23 bits per heavy atom. The first-order chi connectivity index (χ1) is 10.8. The Morgan fingerprint density at radius 1 is 1.32 bits per heavy atom. The first-order valence-electron chi connectivity index (χ1n) is 7.61. The van der Waals surface area contributed by atoms with Gasteiger partial charge in [0, 0.05) is 44.9 Å². The number of ether oxygens (including phenoxy) is 1. The molecule has 0 fully saturated rings. The second-order valence-electron chi connectivity index (χ2n) is 5.70. The Hall–Kier alpha value is -2.14. The Balaban J connectivity index is 1.82. The van der Waals surface area contributed by atoms with Gasteiger partial charge in [0.1, 0.15) is 5.69 Å². The number of fused-ring (bicyclic) bond motifs is 1. The number of nitrogens with zero attached hydrogens (tertiary/aromatic N) is 3. The van der Waals surface area contributed by atoms with Crippen LogP contribution in [0.2, 0.25) is 0 Å². The normalized spacial score (nSPS) is 17.9. The Morgan fingerprint density at radius 3 is 3.00 bits per heavy atom. The van der Waals surface area contributed by atoms with E-state index in [1.54, 1.807) is 19.4 Å². The van der Waals surface area contributed by atoms with E-state index in [9.17, 15) is 4.79 Å². The fourth-order valence-corrected chi connectivity index (χ4v) is 2.95. The molecule has 0 unspecified atom stereocenters. The van der Waals surface area contributed by atoms with E-state index >= 15 is 0 Å². The number of carbonyl (C=O) groups is 1. The van der Waals surface area contributed by atoms with Crippen molar-refractivity contribution in [3.63, 3.8) is 0 Å². The predicted octanol–water partition coefficient (Wildman–Crippen LogP) is 2.19. The Labute approximate surface area is 130 Å². The van der Waals surface area contributed by atoms with Crippen molar-refractivity contribution in [2.75, 3.05) is 20.3 Å². The van der Waals surface area contributed by atoms with Crippen molar-refractivity contribution in [3.8, 4) is 0 Å². The summed E-state index contributed by atoms with van der Waals surface area (Å²) in [5.41, 5.74) is 1.68. The fourth-order valence-electron chi connectivity index (χ4n) is 2.95. The van der Waals surface area contributed by atoms with E-state index in [0.717, 1.165) is 19.5 Å². The monoisotopic (exact) mass is 299 g/mol. The first kappa shape index (κ1) is 14.8. The fraction of sp³-hybridized carbons (Fsp3) is 0.412. The maximum absolute atomic E-state index is 12.7. The lowest BCUT2D eigenvalue weighted by Gasteiger charge is -2.23. The van der Waals surface area contributed by atoms with Gasteiger partial charge in [-0.2, -0.15) is 0 Å². The quantitative estimate of drug-likeness (QED) is 0.869. The Kier molecular flexibility index (Phi) is 4.53. The van der Waals surface area contributed by atoms with E-state index in [2.05, 4.69) is 21.8 Å². The summed E-state index contributed by atoms with van der Waals surface area (Å²) >= 11 is 0. The summed E-state index contributed by atoms with van der Waals surface area (Å²) in [6.45, 7) is 3.01. The maximum atomic E-state index is 12.7. The number of hydrogen-bond donors (Lipinski definition) is 0. The molecule has 22 heavy (non-hydrogen) atoms. The molecule has 0 saturated heterocycles. The highest BCUT2D eigenvalue weighted by atomic mass is 16.5. The zero-order chi connectivity index (χ0) is 15.4. The molecule has 5 nitrogen and oxygen atoms in total. The molecule has 1 amide bonds. The van der Waals surface area contributed by atoms with Crippen molar-refractivity contribution in [2.24, 2.45) is 5.92 Å². The molecule has 2 aromatic heterocycles. The van der Waals surface area contributed by atoms with Crippen LogP contribution in [0.3, 0.4) is 0 Å². The van der Waals surface area contributed by atoms with E-state index in [0.29, 0.717) is 24.8 Å². The van der Waals surface area contributed by atoms with Gasteiger partial charge in [-0.05, 0) is 36.6 Å². The van der Waals surface area contributed by atoms with Gasteiger partial charge in [0.25, 0.3) is 5.91 Å². The van der Waals surface area contributed by atoms with Gasteiger partial charge in [-0.15, -0.1) is 0 Å². The van der Waals surface area contributed by atoms with Crippen LogP contribution in [0.15, 0.2) is 42.7 Å². The topological polar surface area (TPSA) is 47.4 Å². The molecule has 1 atom stereocenters. The van der Waals surface area contributed by atoms with Crippen LogP contribution in [0.4, 0.5) is 0 Å². The highest BCUT2D eigenvalue weighted by molar-refractivity contribution is 5.92. The molecule has 116 valence electrons. The molecular weight excluding hydrogens is 278 g/mol. The number of rotatable bonds is 4. The van der Waals surface area contributed by atoms with Crippen molar-refractivity contribution in [2.45, 2.75) is 19.5 Å². The van der Waals surface area contributed by atoms with Crippen LogP contribution in [0.25, 0.3) is 0 Å². The molecule has 0 bridgehead atoms. The average molecular weight is 299 g/mol. The number of amides is 1. The van der Waals surface area contributed by atoms with Gasteiger partial charge in [-0.3, -0.25) is 9.78 Å². The number of pyridine rings is 1. The molecule has 2 aromatic rings. The summed E-state index contributed by atoms with van der Waals surface area (Å²) in [4.78, 5) is 18.8. The van der Waals surface area contributed by atoms with Crippen LogP contribution < -0.4 is 0 Å². The zero-order valence-electron chi connectivity index (χ0n) is 12.8. The molecule has 0 radical (unpaired) electrons. The molecule has 0 spiro atoms. The number of carbonyl (C=O) groups excluding carboxylic acids is 1. The van der Waals surface area contributed by atoms with E-state index in [-0.39, 0.29) is 5.91 Å². The van der Waals surface area contributed by atoms with Gasteiger partial charge < -0.3 is 14.2 Å². The third-order valence-corrected chi connectivity index (χ3v) is 4.11. The SMILES string of the molecule is COCC[C@@H]1CN(C(=O)c2ccccn2)Cc2cccn2C1. The average Bonchev–Trinajstić information content (AvgIpc) is 2.91. The van der Waals surface area contributed by atoms with Gasteiger partial charge in [0.05, 0.1) is 6.54 Å². The zero-order valence-corrected chi connectivity index (χ0v) is 12.8. The minimum atomic E-state index is -0.00216.